The van der Waals surface area contributed by atoms with Gasteiger partial charge in [-0.2, -0.15) is 9.61 Å². The van der Waals surface area contributed by atoms with Crippen LogP contribution < -0.4 is 5.56 Å². The molecule has 0 atom stereocenters. The predicted octanol–water partition coefficient (Wildman–Crippen LogP) is 2.45. The van der Waals surface area contributed by atoms with Gasteiger partial charge < -0.3 is 5.11 Å². The van der Waals surface area contributed by atoms with Crippen molar-refractivity contribution in [2.45, 2.75) is 6.92 Å². The zero-order valence-electron chi connectivity index (χ0n) is 11.1. The van der Waals surface area contributed by atoms with Crippen LogP contribution in [-0.4, -0.2) is 20.7 Å². The van der Waals surface area contributed by atoms with Crippen molar-refractivity contribution in [1.29, 1.82) is 0 Å². The van der Waals surface area contributed by atoms with Gasteiger partial charge in [-0.3, -0.25) is 4.79 Å². The monoisotopic (exact) mass is 278 g/mol. The molecule has 4 rings (SSSR count). The van der Waals surface area contributed by atoms with Crippen LogP contribution in [0.15, 0.2) is 41.2 Å². The quantitative estimate of drug-likeness (QED) is 0.580. The molecule has 5 nitrogen and oxygen atoms in total. The van der Waals surface area contributed by atoms with Crippen molar-refractivity contribution >= 4 is 33.0 Å². The molecule has 0 aliphatic heterocycles. The summed E-state index contributed by atoms with van der Waals surface area (Å²) in [6, 6.07) is 11.1. The molecule has 2 heterocycles. The van der Waals surface area contributed by atoms with E-state index in [0.717, 1.165) is 16.2 Å². The molecule has 0 amide bonds. The van der Waals surface area contributed by atoms with Gasteiger partial charge in [-0.1, -0.05) is 30.3 Å². The van der Waals surface area contributed by atoms with E-state index in [9.17, 15) is 14.7 Å². The minimum Gasteiger partial charge on any atom is -0.478 e. The van der Waals surface area contributed by atoms with E-state index < -0.39 is 5.97 Å². The fourth-order valence-electron chi connectivity index (χ4n) is 3.01. The maximum Gasteiger partial charge on any atom is 0.339 e. The summed E-state index contributed by atoms with van der Waals surface area (Å²) in [6.07, 6.45) is 0. The van der Waals surface area contributed by atoms with Crippen molar-refractivity contribution in [2.24, 2.45) is 0 Å². The third-order valence-electron chi connectivity index (χ3n) is 3.86. The van der Waals surface area contributed by atoms with E-state index in [1.807, 2.05) is 30.3 Å². The van der Waals surface area contributed by atoms with Gasteiger partial charge in [0.2, 0.25) is 0 Å². The van der Waals surface area contributed by atoms with E-state index in [4.69, 9.17) is 0 Å². The molecule has 4 aromatic rings. The Labute approximate surface area is 118 Å². The van der Waals surface area contributed by atoms with Crippen LogP contribution >= 0.6 is 0 Å². The molecule has 0 fully saturated rings. The van der Waals surface area contributed by atoms with Crippen LogP contribution in [0.2, 0.25) is 0 Å². The first kappa shape index (κ1) is 11.8. The van der Waals surface area contributed by atoms with Gasteiger partial charge in [0.05, 0.1) is 16.6 Å². The Balaban J connectivity index is 2.47. The summed E-state index contributed by atoms with van der Waals surface area (Å²) in [7, 11) is 0. The Morgan fingerprint density at radius 3 is 2.48 bits per heavy atom. The third kappa shape index (κ3) is 1.37. The summed E-state index contributed by atoms with van der Waals surface area (Å²) in [5.41, 5.74) is 0.514. The van der Waals surface area contributed by atoms with Crippen LogP contribution in [-0.2, 0) is 0 Å². The number of benzene rings is 2. The molecule has 0 bridgehead atoms. The van der Waals surface area contributed by atoms with Crippen molar-refractivity contribution in [3.63, 3.8) is 0 Å². The van der Waals surface area contributed by atoms with Crippen LogP contribution in [0.25, 0.3) is 27.1 Å². The molecule has 2 aromatic heterocycles. The maximum atomic E-state index is 12.6. The molecule has 0 aliphatic rings. The number of nitrogens with zero attached hydrogens (tertiary/aromatic N) is 2. The van der Waals surface area contributed by atoms with Crippen LogP contribution in [0.4, 0.5) is 0 Å². The van der Waals surface area contributed by atoms with E-state index in [-0.39, 0.29) is 11.1 Å². The zero-order chi connectivity index (χ0) is 14.7. The summed E-state index contributed by atoms with van der Waals surface area (Å²) >= 11 is 0. The second kappa shape index (κ2) is 3.79. The Bertz CT molecular complexity index is 1090. The molecule has 5 heteroatoms. The summed E-state index contributed by atoms with van der Waals surface area (Å²) in [5, 5.41) is 16.6. The molecular formula is C16H10N2O3. The van der Waals surface area contributed by atoms with E-state index in [2.05, 4.69) is 5.10 Å². The molecule has 2 aromatic carbocycles. The highest BCUT2D eigenvalue weighted by atomic mass is 16.4. The number of carboxylic acid groups (broad SMARTS) is 1. The van der Waals surface area contributed by atoms with E-state index in [0.29, 0.717) is 16.6 Å². The van der Waals surface area contributed by atoms with Crippen LogP contribution in [0, 0.1) is 6.92 Å². The largest absolute Gasteiger partial charge is 0.478 e. The van der Waals surface area contributed by atoms with Gasteiger partial charge in [-0.15, -0.1) is 0 Å². The number of aryl methyl sites for hydroxylation is 1. The first-order valence-corrected chi connectivity index (χ1v) is 6.49. The average Bonchev–Trinajstić information content (AvgIpc) is 2.82. The molecule has 102 valence electrons. The zero-order valence-corrected chi connectivity index (χ0v) is 11.1. The molecule has 21 heavy (non-hydrogen) atoms. The van der Waals surface area contributed by atoms with Crippen molar-refractivity contribution < 1.29 is 9.90 Å². The van der Waals surface area contributed by atoms with E-state index in [1.165, 1.54) is 4.52 Å². The molecule has 1 N–H and O–H groups in total. The minimum absolute atomic E-state index is 0.0883. The van der Waals surface area contributed by atoms with Gasteiger partial charge in [0, 0.05) is 10.8 Å². The number of aromatic carboxylic acids is 1. The lowest BCUT2D eigenvalue weighted by Crippen LogP contribution is -2.15. The number of hydrogen-bond donors (Lipinski definition) is 1. The van der Waals surface area contributed by atoms with Crippen molar-refractivity contribution in [2.75, 3.05) is 0 Å². The summed E-state index contributed by atoms with van der Waals surface area (Å²) in [5.74, 6) is -1.07. The lowest BCUT2D eigenvalue weighted by atomic mass is 10.0. The van der Waals surface area contributed by atoms with Gasteiger partial charge in [-0.05, 0) is 18.4 Å². The number of aromatic nitrogens is 2. The average molecular weight is 278 g/mol. The molecule has 0 saturated heterocycles. The fraction of sp³-hybridized carbons (Fsp3) is 0.0625. The summed E-state index contributed by atoms with van der Waals surface area (Å²) in [4.78, 5) is 24.1. The molecule has 0 aliphatic carbocycles. The maximum absolute atomic E-state index is 12.6. The normalized spacial score (nSPS) is 11.7. The van der Waals surface area contributed by atoms with Crippen molar-refractivity contribution in [1.82, 2.24) is 9.61 Å². The fourth-order valence-corrected chi connectivity index (χ4v) is 3.01. The number of hydrogen-bond acceptors (Lipinski definition) is 3. The van der Waals surface area contributed by atoms with Gasteiger partial charge in [0.1, 0.15) is 5.56 Å². The highest BCUT2D eigenvalue weighted by molar-refractivity contribution is 6.18. The highest BCUT2D eigenvalue weighted by Crippen LogP contribution is 2.30. The Morgan fingerprint density at radius 1 is 1.14 bits per heavy atom. The molecule has 0 spiro atoms. The lowest BCUT2D eigenvalue weighted by molar-refractivity contribution is 0.0698. The van der Waals surface area contributed by atoms with Gasteiger partial charge in [0.15, 0.2) is 0 Å². The number of fused-ring (bicyclic) bond motifs is 2. The third-order valence-corrected chi connectivity index (χ3v) is 3.86. The Hall–Kier alpha value is -2.95. The number of carboxylic acids is 1. The smallest absolute Gasteiger partial charge is 0.339 e. The predicted molar refractivity (Wildman–Crippen MR) is 79.4 cm³/mol. The summed E-state index contributed by atoms with van der Waals surface area (Å²) < 4.78 is 1.20. The number of pyridine rings is 1. The molecule has 0 saturated carbocycles. The first-order valence-electron chi connectivity index (χ1n) is 6.49. The highest BCUT2D eigenvalue weighted by Gasteiger charge is 2.21. The van der Waals surface area contributed by atoms with Crippen LogP contribution in [0.1, 0.15) is 16.1 Å². The molecular weight excluding hydrogens is 268 g/mol. The molecule has 0 unspecified atom stereocenters. The van der Waals surface area contributed by atoms with Gasteiger partial charge in [-0.25, -0.2) is 4.79 Å². The standard InChI is InChI=1S/C16H10N2O3/c1-8-12(16(20)21)14-10-6-2-4-9-5-3-7-11(13(9)10)15(19)18(14)17-8/h2-7H,1H3,(H,20,21). The van der Waals surface area contributed by atoms with E-state index in [1.54, 1.807) is 13.0 Å². The lowest BCUT2D eigenvalue weighted by Gasteiger charge is -2.06. The van der Waals surface area contributed by atoms with Crippen molar-refractivity contribution in [3.8, 4) is 0 Å². The van der Waals surface area contributed by atoms with Gasteiger partial charge >= 0.3 is 5.97 Å². The minimum atomic E-state index is -1.07. The SMILES string of the molecule is Cc1nn2c(=O)c3cccc4cccc(c43)c2c1C(=O)O. The van der Waals surface area contributed by atoms with Crippen LogP contribution in [0.3, 0.4) is 0 Å². The second-order valence-electron chi connectivity index (χ2n) is 5.04. The number of carbonyl (C=O) groups is 1. The first-order chi connectivity index (χ1) is 10.1. The van der Waals surface area contributed by atoms with E-state index >= 15 is 0 Å². The summed E-state index contributed by atoms with van der Waals surface area (Å²) in [6.45, 7) is 1.60. The Kier molecular flexibility index (Phi) is 2.14. The van der Waals surface area contributed by atoms with Crippen LogP contribution in [0.5, 0.6) is 0 Å². The number of rotatable bonds is 1. The van der Waals surface area contributed by atoms with Gasteiger partial charge in [0.25, 0.3) is 5.56 Å². The topological polar surface area (TPSA) is 71.7 Å². The van der Waals surface area contributed by atoms with Crippen molar-refractivity contribution in [3.05, 3.63) is 58.0 Å². The molecule has 0 radical (unpaired) electrons. The Morgan fingerprint density at radius 2 is 1.81 bits per heavy atom. The second-order valence-corrected chi connectivity index (χ2v) is 5.04.